The Hall–Kier alpha value is -2.88. The second-order valence-corrected chi connectivity index (χ2v) is 8.02. The summed E-state index contributed by atoms with van der Waals surface area (Å²) in [4.78, 5) is 0. The number of rotatable bonds is 3. The largest absolute Gasteiger partial charge is 0.631 e. The highest BCUT2D eigenvalue weighted by atomic mass is 16.6. The molecule has 28 nitrogen and oxygen atoms in total. The Balaban J connectivity index is -0.000000111. The summed E-state index contributed by atoms with van der Waals surface area (Å²) in [6.45, 7) is 0. The number of hydrogen-bond donors (Lipinski definition) is 28. The van der Waals surface area contributed by atoms with Crippen LogP contribution < -0.4 is 5.73 Å². The quantitative estimate of drug-likeness (QED) is 0.0862. The van der Waals surface area contributed by atoms with E-state index in [9.17, 15) is 0 Å². The lowest BCUT2D eigenvalue weighted by molar-refractivity contribution is 0.276. The minimum atomic E-state index is -2.17. The van der Waals surface area contributed by atoms with Gasteiger partial charge < -0.3 is 141 Å². The van der Waals surface area contributed by atoms with Crippen molar-refractivity contribution in [2.24, 2.45) is 5.73 Å². The Labute approximate surface area is 320 Å². The number of benzene rings is 3. The summed E-state index contributed by atoms with van der Waals surface area (Å²) in [6, 6.07) is 30.7. The van der Waals surface area contributed by atoms with Crippen LogP contribution >= 0.6 is 0 Å². The smallest absolute Gasteiger partial charge is 0.402 e. The Morgan fingerprint density at radius 3 is 0.411 bits per heavy atom. The van der Waals surface area contributed by atoms with E-state index in [1.807, 2.05) is 54.6 Å². The van der Waals surface area contributed by atoms with Crippen molar-refractivity contribution in [2.45, 2.75) is 5.54 Å². The van der Waals surface area contributed by atoms with Crippen LogP contribution in [0.25, 0.3) is 0 Å². The van der Waals surface area contributed by atoms with Gasteiger partial charge in [-0.25, -0.2) is 0 Å². The molecule has 0 saturated heterocycles. The highest BCUT2D eigenvalue weighted by Crippen LogP contribution is 2.33. The summed E-state index contributed by atoms with van der Waals surface area (Å²) >= 11 is 0. The molecule has 314 valence electrons. The van der Waals surface area contributed by atoms with Gasteiger partial charge in [-0.3, -0.25) is 0 Å². The molecule has 0 heterocycles. The van der Waals surface area contributed by atoms with E-state index in [0.29, 0.717) is 0 Å². The van der Waals surface area contributed by atoms with Gasteiger partial charge in [0.15, 0.2) is 0 Å². The van der Waals surface area contributed by atoms with Gasteiger partial charge in [-0.15, -0.1) is 0 Å². The minimum absolute atomic E-state index is 0.621. The normalized spacial score (nSPS) is 8.36. The molecule has 3 aromatic rings. The molecule has 0 radical (unpaired) electrons. The molecule has 3 aromatic carbocycles. The van der Waals surface area contributed by atoms with Crippen molar-refractivity contribution in [3.05, 3.63) is 108 Å². The molecule has 0 unspecified atom stereocenters. The Morgan fingerprint density at radius 1 is 0.232 bits per heavy atom. The Kier molecular flexibility index (Phi) is 56.3. The summed E-state index contributed by atoms with van der Waals surface area (Å²) in [5.41, 5.74) is 9.53. The van der Waals surface area contributed by atoms with Gasteiger partial charge in [0, 0.05) is 0 Å². The molecule has 3 rings (SSSR count). The fraction of sp³-hybridized carbons (Fsp3) is 0.0526. The maximum absolute atomic E-state index is 7.17. The first-order chi connectivity index (χ1) is 25.4. The zero-order valence-corrected chi connectivity index (χ0v) is 28.5. The lowest BCUT2D eigenvalue weighted by atomic mass is 9.78. The van der Waals surface area contributed by atoms with Crippen molar-refractivity contribution in [2.75, 3.05) is 0 Å². The molecule has 0 aliphatic rings. The third-order valence-electron chi connectivity index (χ3n) is 3.69. The van der Waals surface area contributed by atoms with Crippen LogP contribution in [0.2, 0.25) is 0 Å². The third kappa shape index (κ3) is 83.9. The average molecular weight is 816 g/mol. The first kappa shape index (κ1) is 67.8. The summed E-state index contributed by atoms with van der Waals surface area (Å²) < 4.78 is 0. The van der Waals surface area contributed by atoms with Gasteiger partial charge >= 0.3 is 65.9 Å². The fourth-order valence-corrected chi connectivity index (χ4v) is 2.60. The summed E-state index contributed by atoms with van der Waals surface area (Å²) in [6.07, 6.45) is 0. The summed E-state index contributed by atoms with van der Waals surface area (Å²) in [5.74, 6) is 0. The predicted octanol–water partition coefficient (Wildman–Crippen LogP) is -14.5. The second-order valence-electron chi connectivity index (χ2n) is 8.02. The van der Waals surface area contributed by atoms with Crippen LogP contribution in [0, 0.1) is 0 Å². The van der Waals surface area contributed by atoms with E-state index < -0.39 is 71.4 Å². The van der Waals surface area contributed by atoms with Crippen LogP contribution in [0.1, 0.15) is 16.7 Å². The molecule has 0 bridgehead atoms. The first-order valence-corrected chi connectivity index (χ1v) is 13.7. The molecule has 0 saturated carbocycles. The van der Waals surface area contributed by atoms with E-state index in [1.54, 1.807) is 0 Å². The van der Waals surface area contributed by atoms with Crippen molar-refractivity contribution in [1.29, 1.82) is 0 Å². The van der Waals surface area contributed by atoms with Crippen LogP contribution in [0.5, 0.6) is 0 Å². The molecule has 0 aliphatic heterocycles. The van der Waals surface area contributed by atoms with E-state index in [-0.39, 0.29) is 0 Å². The van der Waals surface area contributed by atoms with Gasteiger partial charge in [0.05, 0.1) is 5.54 Å². The standard InChI is InChI=1S/C19H17N.9BH3O3/c20-19(16-10-4-1-5-11-16,17-12-6-2-7-13-17)18-14-8-3-9-15-18;9*2-1(3)4/h1-15H,20H2;9*2-4H. The molecule has 0 aromatic heterocycles. The molecule has 0 fully saturated rings. The number of hydrogen-bond acceptors (Lipinski definition) is 28. The Bertz CT molecular complexity index is 931. The summed E-state index contributed by atoms with van der Waals surface area (Å²) in [7, 11) is -19.5. The molecule has 37 heteroatoms. The average Bonchev–Trinajstić information content (AvgIpc) is 3.00. The van der Waals surface area contributed by atoms with Gasteiger partial charge in [-0.05, 0) is 16.7 Å². The topological polar surface area (TPSA) is 572 Å². The van der Waals surface area contributed by atoms with Crippen LogP contribution in [0.15, 0.2) is 91.0 Å². The molecule has 0 aliphatic carbocycles. The van der Waals surface area contributed by atoms with Gasteiger partial charge in [-0.1, -0.05) is 91.0 Å². The van der Waals surface area contributed by atoms with Crippen LogP contribution in [-0.4, -0.2) is 202 Å². The molecule has 29 N–H and O–H groups in total. The molecule has 0 spiro atoms. The molecule has 56 heavy (non-hydrogen) atoms. The lowest BCUT2D eigenvalue weighted by Gasteiger charge is -2.31. The van der Waals surface area contributed by atoms with Crippen molar-refractivity contribution in [3.63, 3.8) is 0 Å². The highest BCUT2D eigenvalue weighted by Gasteiger charge is 2.31. The van der Waals surface area contributed by atoms with Gasteiger partial charge in [-0.2, -0.15) is 0 Å². The molecule has 0 amide bonds. The van der Waals surface area contributed by atoms with Crippen LogP contribution in [0.3, 0.4) is 0 Å². The Morgan fingerprint density at radius 2 is 0.321 bits per heavy atom. The van der Waals surface area contributed by atoms with Crippen molar-refractivity contribution < 1.29 is 136 Å². The molecule has 0 atom stereocenters. The van der Waals surface area contributed by atoms with E-state index in [2.05, 4.69) is 36.4 Å². The minimum Gasteiger partial charge on any atom is -0.402 e. The van der Waals surface area contributed by atoms with Gasteiger partial charge in [0.2, 0.25) is 0 Å². The van der Waals surface area contributed by atoms with Crippen molar-refractivity contribution in [3.8, 4) is 0 Å². The van der Waals surface area contributed by atoms with E-state index in [0.717, 1.165) is 16.7 Å². The van der Waals surface area contributed by atoms with Gasteiger partial charge in [0.25, 0.3) is 0 Å². The second kappa shape index (κ2) is 46.5. The SMILES string of the molecule is NC(c1ccccc1)(c1ccccc1)c1ccccc1.OB(O)O.OB(O)O.OB(O)O.OB(O)O.OB(O)O.OB(O)O.OB(O)O.OB(O)O.OB(O)O. The van der Waals surface area contributed by atoms with Gasteiger partial charge in [0.1, 0.15) is 0 Å². The molecular weight excluding hydrogens is 771 g/mol. The van der Waals surface area contributed by atoms with Crippen LogP contribution in [-0.2, 0) is 5.54 Å². The predicted molar refractivity (Wildman–Crippen MR) is 195 cm³/mol. The van der Waals surface area contributed by atoms with E-state index >= 15 is 0 Å². The van der Waals surface area contributed by atoms with E-state index in [1.165, 1.54) is 0 Å². The maximum atomic E-state index is 7.17. The highest BCUT2D eigenvalue weighted by molar-refractivity contribution is 6.32. The molecular formula is C19H44B9NO27. The monoisotopic (exact) mass is 817 g/mol. The number of nitrogens with two attached hydrogens (primary N) is 1. The van der Waals surface area contributed by atoms with Crippen LogP contribution in [0.4, 0.5) is 0 Å². The van der Waals surface area contributed by atoms with Crippen molar-refractivity contribution >= 4 is 65.9 Å². The zero-order valence-electron chi connectivity index (χ0n) is 28.5. The summed E-state index contributed by atoms with van der Waals surface area (Å²) in [5, 5.41) is 193. The zero-order chi connectivity index (χ0) is 46.0. The third-order valence-corrected chi connectivity index (χ3v) is 3.69. The van der Waals surface area contributed by atoms with E-state index in [4.69, 9.17) is 141 Å². The maximum Gasteiger partial charge on any atom is 0.631 e. The fourth-order valence-electron chi connectivity index (χ4n) is 2.60. The lowest BCUT2D eigenvalue weighted by Crippen LogP contribution is -2.39. The van der Waals surface area contributed by atoms with Crippen molar-refractivity contribution in [1.82, 2.24) is 0 Å². The first-order valence-electron chi connectivity index (χ1n) is 13.7.